The Balaban J connectivity index is 1.89. The van der Waals surface area contributed by atoms with E-state index in [-0.39, 0.29) is 12.8 Å². The lowest BCUT2D eigenvalue weighted by Crippen LogP contribution is -2.67. The Bertz CT molecular complexity index is 1390. The van der Waals surface area contributed by atoms with E-state index in [2.05, 4.69) is 19.2 Å². The molecule has 1 amide bonds. The van der Waals surface area contributed by atoms with Crippen LogP contribution in [0.1, 0.15) is 239 Å². The van der Waals surface area contributed by atoms with Crippen molar-refractivity contribution in [2.45, 2.75) is 324 Å². The molecule has 15 atom stereocenters. The summed E-state index contributed by atoms with van der Waals surface area (Å²) in [5.74, 6) is -0.805. The largest absolute Gasteiger partial charge is 0.472 e. The van der Waals surface area contributed by atoms with E-state index in [4.69, 9.17) is 18.5 Å². The zero-order valence-corrected chi connectivity index (χ0v) is 46.0. The van der Waals surface area contributed by atoms with Gasteiger partial charge in [0.05, 0.1) is 25.4 Å². The molecule has 0 aromatic heterocycles. The van der Waals surface area contributed by atoms with Gasteiger partial charge in [-0.15, -0.1) is 0 Å². The maximum Gasteiger partial charge on any atom is 0.472 e. The molecule has 73 heavy (non-hydrogen) atoms. The molecule has 19 heteroatoms. The second-order valence-corrected chi connectivity index (χ2v) is 22.7. The van der Waals surface area contributed by atoms with Gasteiger partial charge in [0.2, 0.25) is 5.91 Å². The number of phosphoric ester groups is 1. The van der Waals surface area contributed by atoms with E-state index in [1.807, 2.05) is 0 Å². The van der Waals surface area contributed by atoms with Gasteiger partial charge in [0.1, 0.15) is 67.1 Å². The van der Waals surface area contributed by atoms with Gasteiger partial charge >= 0.3 is 7.82 Å². The fourth-order valence-corrected chi connectivity index (χ4v) is 10.9. The van der Waals surface area contributed by atoms with Gasteiger partial charge in [0, 0.05) is 0 Å². The summed E-state index contributed by atoms with van der Waals surface area (Å²) in [6.07, 6.45) is 14.7. The number of phosphoric acid groups is 1. The highest BCUT2D eigenvalue weighted by molar-refractivity contribution is 7.47. The van der Waals surface area contributed by atoms with Gasteiger partial charge in [-0.05, 0) is 12.8 Å². The van der Waals surface area contributed by atoms with Crippen LogP contribution in [0, 0.1) is 0 Å². The average Bonchev–Trinajstić information content (AvgIpc) is 3.37. The molecule has 2 aliphatic rings. The molecule has 0 radical (unpaired) electrons. The van der Waals surface area contributed by atoms with Crippen LogP contribution >= 0.6 is 7.82 Å². The fraction of sp³-hybridized carbons (Fsp3) is 0.981. The predicted molar refractivity (Wildman–Crippen MR) is 280 cm³/mol. The van der Waals surface area contributed by atoms with Gasteiger partial charge in [-0.3, -0.25) is 13.8 Å². The van der Waals surface area contributed by atoms with Crippen LogP contribution in [-0.4, -0.2) is 161 Å². The highest BCUT2D eigenvalue weighted by Crippen LogP contribution is 2.48. The van der Waals surface area contributed by atoms with Crippen molar-refractivity contribution in [2.24, 2.45) is 0 Å². The average molecular weight is 1070 g/mol. The predicted octanol–water partition coefficient (Wildman–Crippen LogP) is 7.03. The van der Waals surface area contributed by atoms with E-state index >= 15 is 0 Å². The monoisotopic (exact) mass is 1070 g/mol. The fourth-order valence-electron chi connectivity index (χ4n) is 9.98. The van der Waals surface area contributed by atoms with E-state index in [0.29, 0.717) is 12.8 Å². The Morgan fingerprint density at radius 3 is 1.26 bits per heavy atom. The summed E-state index contributed by atoms with van der Waals surface area (Å²) in [5, 5.41) is 108. The van der Waals surface area contributed by atoms with E-state index in [1.165, 1.54) is 148 Å². The number of ether oxygens (including phenoxy) is 2. The summed E-state index contributed by atoms with van der Waals surface area (Å²) in [5.41, 5.74) is 0. The normalized spacial score (nSPS) is 27.7. The van der Waals surface area contributed by atoms with Crippen molar-refractivity contribution in [2.75, 3.05) is 13.2 Å². The van der Waals surface area contributed by atoms with Crippen LogP contribution in [0.25, 0.3) is 0 Å². The van der Waals surface area contributed by atoms with E-state index in [1.54, 1.807) is 0 Å². The van der Waals surface area contributed by atoms with Crippen molar-refractivity contribution in [3.05, 3.63) is 0 Å². The number of rotatable bonds is 46. The first-order valence-electron chi connectivity index (χ1n) is 29.1. The summed E-state index contributed by atoms with van der Waals surface area (Å²) in [6, 6.07) is -1.31. The van der Waals surface area contributed by atoms with E-state index in [9.17, 15) is 65.3 Å². The third kappa shape index (κ3) is 28.5. The number of hydrogen-bond donors (Lipinski definition) is 12. The lowest BCUT2D eigenvalue weighted by Gasteiger charge is -2.47. The Kier molecular flexibility index (Phi) is 38.5. The van der Waals surface area contributed by atoms with Gasteiger partial charge in [-0.25, -0.2) is 4.57 Å². The number of nitrogens with one attached hydrogen (secondary N) is 1. The minimum atomic E-state index is -5.39. The van der Waals surface area contributed by atoms with Crippen molar-refractivity contribution in [1.82, 2.24) is 5.32 Å². The Morgan fingerprint density at radius 1 is 0.507 bits per heavy atom. The summed E-state index contributed by atoms with van der Waals surface area (Å²) >= 11 is 0. The van der Waals surface area contributed by atoms with Crippen LogP contribution in [0.4, 0.5) is 0 Å². The van der Waals surface area contributed by atoms with Crippen LogP contribution in [-0.2, 0) is 27.9 Å². The number of carbonyl (C=O) groups excluding carboxylic acids is 1. The molecule has 0 spiro atoms. The first kappa shape index (κ1) is 68.2. The molecule has 12 N–H and O–H groups in total. The van der Waals surface area contributed by atoms with E-state index in [0.717, 1.165) is 51.4 Å². The van der Waals surface area contributed by atoms with Gasteiger partial charge < -0.3 is 70.7 Å². The highest BCUT2D eigenvalue weighted by atomic mass is 31.2. The van der Waals surface area contributed by atoms with Crippen LogP contribution in [0.5, 0.6) is 0 Å². The smallest absolute Gasteiger partial charge is 0.394 e. The summed E-state index contributed by atoms with van der Waals surface area (Å²) < 4.78 is 34.9. The summed E-state index contributed by atoms with van der Waals surface area (Å²) in [6.45, 7) is 2.80. The standard InChI is InChI=1S/C54H106NO17P/c1-3-5-7-9-11-13-15-17-18-19-20-21-22-23-25-27-29-31-33-35-37-42(58)53(66)55-40(41(57)36-34-32-30-28-26-24-16-14-12-10-8-6-4-2)39-69-73(67,68)72-52-49(64)47(62)46(61)48(63)51(52)71-54-50(65)45(60)44(59)43(38-56)70-54/h40-52,54,56-65H,3-39H2,1-2H3,(H,55,66)(H,67,68)/t40-,41+,42?,43+,44+,45?,46?,47?,48+,49?,50?,51?,52-,54+/m0/s1. The van der Waals surface area contributed by atoms with Gasteiger partial charge in [-0.1, -0.05) is 226 Å². The Hall–Kier alpha value is -0.900. The Labute approximate surface area is 439 Å². The van der Waals surface area contributed by atoms with E-state index < -0.39 is 113 Å². The van der Waals surface area contributed by atoms with Crippen LogP contribution in [0.3, 0.4) is 0 Å². The Morgan fingerprint density at radius 2 is 0.863 bits per heavy atom. The quantitative estimate of drug-likeness (QED) is 0.0215. The zero-order valence-electron chi connectivity index (χ0n) is 45.1. The maximum absolute atomic E-state index is 13.5. The molecular formula is C54H106NO17P. The molecule has 1 heterocycles. The third-order valence-corrected chi connectivity index (χ3v) is 15.9. The van der Waals surface area contributed by atoms with Gasteiger partial charge in [0.25, 0.3) is 0 Å². The first-order chi connectivity index (χ1) is 35.1. The van der Waals surface area contributed by atoms with Gasteiger partial charge in [0.15, 0.2) is 6.29 Å². The lowest BCUT2D eigenvalue weighted by atomic mass is 9.84. The van der Waals surface area contributed by atoms with Crippen molar-refractivity contribution in [3.63, 3.8) is 0 Å². The molecule has 1 saturated heterocycles. The lowest BCUT2D eigenvalue weighted by molar-refractivity contribution is -0.338. The number of hydrogen-bond acceptors (Lipinski definition) is 16. The molecule has 1 aliphatic carbocycles. The molecular weight excluding hydrogens is 966 g/mol. The third-order valence-electron chi connectivity index (χ3n) is 14.9. The van der Waals surface area contributed by atoms with Gasteiger partial charge in [-0.2, -0.15) is 0 Å². The van der Waals surface area contributed by atoms with Crippen molar-refractivity contribution in [1.29, 1.82) is 0 Å². The molecule has 1 aliphatic heterocycles. The SMILES string of the molecule is CCCCCCCCCCCCCCCCCCCCCCC(O)C(=O)N[C@@H](COP(=O)(O)O[C@H]1C(O)C(O)C(O)[C@@H](O)C1O[C@H]1O[C@H](CO)[C@@H](O)C(O)C1O)[C@H](O)CCCCCCCCCCCCCCC. The summed E-state index contributed by atoms with van der Waals surface area (Å²) in [7, 11) is -5.39. The molecule has 434 valence electrons. The molecule has 0 aromatic carbocycles. The second kappa shape index (κ2) is 41.2. The minimum absolute atomic E-state index is 0.167. The molecule has 0 aromatic rings. The molecule has 18 nitrogen and oxygen atoms in total. The zero-order chi connectivity index (χ0) is 53.9. The molecule has 0 bridgehead atoms. The number of unbranched alkanes of at least 4 members (excludes halogenated alkanes) is 31. The van der Waals surface area contributed by atoms with Crippen LogP contribution in [0.2, 0.25) is 0 Å². The highest BCUT2D eigenvalue weighted by Gasteiger charge is 2.55. The number of aliphatic hydroxyl groups excluding tert-OH is 10. The van der Waals surface area contributed by atoms with Crippen molar-refractivity contribution in [3.8, 4) is 0 Å². The van der Waals surface area contributed by atoms with Crippen molar-refractivity contribution < 1.29 is 83.8 Å². The van der Waals surface area contributed by atoms with Crippen LogP contribution in [0.15, 0.2) is 0 Å². The maximum atomic E-state index is 13.5. The summed E-state index contributed by atoms with van der Waals surface area (Å²) in [4.78, 5) is 24.3. The number of aliphatic hydroxyl groups is 10. The first-order valence-corrected chi connectivity index (χ1v) is 30.6. The second-order valence-electron chi connectivity index (χ2n) is 21.3. The molecule has 2 fully saturated rings. The topological polar surface area (TPSA) is 306 Å². The number of amides is 1. The molecule has 1 saturated carbocycles. The van der Waals surface area contributed by atoms with Crippen molar-refractivity contribution >= 4 is 13.7 Å². The number of carbonyl (C=O) groups is 1. The molecule has 2 rings (SSSR count). The minimum Gasteiger partial charge on any atom is -0.394 e. The molecule has 8 unspecified atom stereocenters. The van der Waals surface area contributed by atoms with Crippen LogP contribution < -0.4 is 5.32 Å².